The summed E-state index contributed by atoms with van der Waals surface area (Å²) < 4.78 is 0. The van der Waals surface area contributed by atoms with E-state index in [4.69, 9.17) is 0 Å². The second-order valence-corrected chi connectivity index (χ2v) is 4.39. The van der Waals surface area contributed by atoms with Crippen molar-refractivity contribution in [1.29, 1.82) is 0 Å². The van der Waals surface area contributed by atoms with E-state index in [9.17, 15) is 5.11 Å². The average molecular weight is 193 g/mol. The fourth-order valence-corrected chi connectivity index (χ4v) is 2.17. The van der Waals surface area contributed by atoms with Crippen LogP contribution in [-0.2, 0) is 19.3 Å². The largest absolute Gasteiger partial charge is 0.393 e. The molecule has 1 aromatic rings. The van der Waals surface area contributed by atoms with Crippen molar-refractivity contribution in [2.24, 2.45) is 0 Å². The van der Waals surface area contributed by atoms with E-state index in [-0.39, 0.29) is 6.10 Å². The summed E-state index contributed by atoms with van der Waals surface area (Å²) in [6.07, 6.45) is 6.76. The molecule has 0 aromatic carbocycles. The Morgan fingerprint density at radius 1 is 1.43 bits per heavy atom. The normalized spacial score (nSPS) is 17.9. The zero-order valence-corrected chi connectivity index (χ0v) is 8.84. The second kappa shape index (κ2) is 4.18. The minimum atomic E-state index is -0.185. The van der Waals surface area contributed by atoms with E-state index in [1.54, 1.807) is 0 Å². The van der Waals surface area contributed by atoms with Crippen LogP contribution < -0.4 is 0 Å². The third-order valence-corrected chi connectivity index (χ3v) is 3.00. The molecule has 0 saturated heterocycles. The molecule has 14 heavy (non-hydrogen) atoms. The van der Waals surface area contributed by atoms with Gasteiger partial charge < -0.3 is 10.1 Å². The van der Waals surface area contributed by atoms with Gasteiger partial charge in [0.25, 0.3) is 0 Å². The van der Waals surface area contributed by atoms with Crippen LogP contribution in [-0.4, -0.2) is 16.2 Å². The molecule has 1 aliphatic rings. The molecule has 1 heterocycles. The first-order chi connectivity index (χ1) is 6.75. The van der Waals surface area contributed by atoms with Gasteiger partial charge in [0.05, 0.1) is 6.10 Å². The Bertz CT molecular complexity index is 278. The highest BCUT2D eigenvalue weighted by molar-refractivity contribution is 5.28. The SMILES string of the molecule is CC(O)CCc1cc2c([nH]1)CCCC2. The van der Waals surface area contributed by atoms with Crippen LogP contribution in [0.2, 0.25) is 0 Å². The maximum atomic E-state index is 9.20. The molecule has 2 rings (SSSR count). The zero-order chi connectivity index (χ0) is 9.97. The van der Waals surface area contributed by atoms with Gasteiger partial charge in [0.15, 0.2) is 0 Å². The third kappa shape index (κ3) is 2.18. The summed E-state index contributed by atoms with van der Waals surface area (Å²) in [5.41, 5.74) is 4.26. The van der Waals surface area contributed by atoms with Crippen LogP contribution in [0, 0.1) is 0 Å². The summed E-state index contributed by atoms with van der Waals surface area (Å²) in [6.45, 7) is 1.85. The van der Waals surface area contributed by atoms with Crippen molar-refractivity contribution in [2.45, 2.75) is 51.6 Å². The van der Waals surface area contributed by atoms with Crippen LogP contribution in [0.5, 0.6) is 0 Å². The van der Waals surface area contributed by atoms with E-state index in [0.29, 0.717) is 0 Å². The van der Waals surface area contributed by atoms with Crippen LogP contribution in [0.25, 0.3) is 0 Å². The summed E-state index contributed by atoms with van der Waals surface area (Å²) in [5.74, 6) is 0. The van der Waals surface area contributed by atoms with Crippen molar-refractivity contribution in [3.05, 3.63) is 23.0 Å². The lowest BCUT2D eigenvalue weighted by molar-refractivity contribution is 0.184. The molecule has 0 fully saturated rings. The van der Waals surface area contributed by atoms with E-state index >= 15 is 0 Å². The molecule has 0 amide bonds. The van der Waals surface area contributed by atoms with E-state index in [1.165, 1.54) is 42.6 Å². The van der Waals surface area contributed by atoms with Crippen LogP contribution >= 0.6 is 0 Å². The Morgan fingerprint density at radius 2 is 2.21 bits per heavy atom. The number of rotatable bonds is 3. The fraction of sp³-hybridized carbons (Fsp3) is 0.667. The van der Waals surface area contributed by atoms with E-state index < -0.39 is 0 Å². The number of H-pyrrole nitrogens is 1. The highest BCUT2D eigenvalue weighted by Crippen LogP contribution is 2.22. The van der Waals surface area contributed by atoms with Crippen molar-refractivity contribution >= 4 is 0 Å². The maximum Gasteiger partial charge on any atom is 0.0515 e. The van der Waals surface area contributed by atoms with Gasteiger partial charge in [-0.25, -0.2) is 0 Å². The molecule has 2 N–H and O–H groups in total. The highest BCUT2D eigenvalue weighted by Gasteiger charge is 2.12. The monoisotopic (exact) mass is 193 g/mol. The molecule has 0 saturated carbocycles. The van der Waals surface area contributed by atoms with Gasteiger partial charge in [-0.05, 0) is 57.1 Å². The van der Waals surface area contributed by atoms with Gasteiger partial charge in [-0.3, -0.25) is 0 Å². The number of aliphatic hydroxyl groups is 1. The second-order valence-electron chi connectivity index (χ2n) is 4.39. The van der Waals surface area contributed by atoms with Crippen LogP contribution in [0.3, 0.4) is 0 Å². The van der Waals surface area contributed by atoms with Gasteiger partial charge in [-0.1, -0.05) is 0 Å². The average Bonchev–Trinajstić information content (AvgIpc) is 2.57. The molecular formula is C12H19NO. The molecule has 0 bridgehead atoms. The topological polar surface area (TPSA) is 36.0 Å². The minimum absolute atomic E-state index is 0.185. The van der Waals surface area contributed by atoms with Crippen molar-refractivity contribution < 1.29 is 5.11 Å². The predicted octanol–water partition coefficient (Wildman–Crippen LogP) is 2.21. The standard InChI is InChI=1S/C12H19NO/c1-9(14)6-7-11-8-10-4-2-3-5-12(10)13-11/h8-9,13-14H,2-7H2,1H3. The van der Waals surface area contributed by atoms with Gasteiger partial charge in [0, 0.05) is 11.4 Å². The molecule has 0 radical (unpaired) electrons. The Kier molecular flexibility index (Phi) is 2.92. The third-order valence-electron chi connectivity index (χ3n) is 3.00. The summed E-state index contributed by atoms with van der Waals surface area (Å²) in [5, 5.41) is 9.20. The first-order valence-corrected chi connectivity index (χ1v) is 5.63. The van der Waals surface area contributed by atoms with Crippen molar-refractivity contribution in [3.8, 4) is 0 Å². The van der Waals surface area contributed by atoms with Gasteiger partial charge in [0.2, 0.25) is 0 Å². The van der Waals surface area contributed by atoms with Gasteiger partial charge in [0.1, 0.15) is 0 Å². The summed E-state index contributed by atoms with van der Waals surface area (Å²) in [6, 6.07) is 2.29. The van der Waals surface area contributed by atoms with Crippen molar-refractivity contribution in [2.75, 3.05) is 0 Å². The minimum Gasteiger partial charge on any atom is -0.393 e. The Balaban J connectivity index is 2.01. The molecule has 1 aromatic heterocycles. The molecular weight excluding hydrogens is 174 g/mol. The lowest BCUT2D eigenvalue weighted by atomic mass is 9.98. The number of aromatic nitrogens is 1. The number of nitrogens with one attached hydrogen (secondary N) is 1. The van der Waals surface area contributed by atoms with E-state index in [0.717, 1.165) is 12.8 Å². The number of aromatic amines is 1. The van der Waals surface area contributed by atoms with Gasteiger partial charge in [-0.2, -0.15) is 0 Å². The number of hydrogen-bond donors (Lipinski definition) is 2. The maximum absolute atomic E-state index is 9.20. The molecule has 1 aliphatic carbocycles. The first-order valence-electron chi connectivity index (χ1n) is 5.63. The number of fused-ring (bicyclic) bond motifs is 1. The number of aryl methyl sites for hydroxylation is 3. The Morgan fingerprint density at radius 3 is 2.93 bits per heavy atom. The van der Waals surface area contributed by atoms with Crippen molar-refractivity contribution in [3.63, 3.8) is 0 Å². The van der Waals surface area contributed by atoms with Gasteiger partial charge in [-0.15, -0.1) is 0 Å². The van der Waals surface area contributed by atoms with Crippen molar-refractivity contribution in [1.82, 2.24) is 4.98 Å². The lowest BCUT2D eigenvalue weighted by Gasteiger charge is -2.09. The Hall–Kier alpha value is -0.760. The summed E-state index contributed by atoms with van der Waals surface area (Å²) in [7, 11) is 0. The van der Waals surface area contributed by atoms with E-state index in [2.05, 4.69) is 11.1 Å². The lowest BCUT2D eigenvalue weighted by Crippen LogP contribution is -2.01. The molecule has 0 aliphatic heterocycles. The van der Waals surface area contributed by atoms with Crippen LogP contribution in [0.4, 0.5) is 0 Å². The quantitative estimate of drug-likeness (QED) is 0.758. The van der Waals surface area contributed by atoms with E-state index in [1.807, 2.05) is 6.92 Å². The molecule has 78 valence electrons. The summed E-state index contributed by atoms with van der Waals surface area (Å²) >= 11 is 0. The van der Waals surface area contributed by atoms with Crippen LogP contribution in [0.15, 0.2) is 6.07 Å². The highest BCUT2D eigenvalue weighted by atomic mass is 16.3. The molecule has 1 unspecified atom stereocenters. The smallest absolute Gasteiger partial charge is 0.0515 e. The molecule has 0 spiro atoms. The Labute approximate surface area is 85.3 Å². The fourth-order valence-electron chi connectivity index (χ4n) is 2.17. The first kappa shape index (κ1) is 9.78. The molecule has 2 heteroatoms. The molecule has 1 atom stereocenters. The summed E-state index contributed by atoms with van der Waals surface area (Å²) in [4.78, 5) is 3.48. The number of aliphatic hydroxyl groups excluding tert-OH is 1. The van der Waals surface area contributed by atoms with Gasteiger partial charge >= 0.3 is 0 Å². The number of hydrogen-bond acceptors (Lipinski definition) is 1. The zero-order valence-electron chi connectivity index (χ0n) is 8.84. The van der Waals surface area contributed by atoms with Crippen LogP contribution in [0.1, 0.15) is 43.1 Å². The molecule has 2 nitrogen and oxygen atoms in total. The predicted molar refractivity (Wildman–Crippen MR) is 57.4 cm³/mol.